The molecular formula is C15H15NO2S. The van der Waals surface area contributed by atoms with E-state index in [1.807, 2.05) is 6.08 Å². The summed E-state index contributed by atoms with van der Waals surface area (Å²) in [5.41, 5.74) is 7.09. The van der Waals surface area contributed by atoms with Crippen LogP contribution in [0.25, 0.3) is 6.08 Å². The molecule has 2 aliphatic rings. The molecule has 1 heterocycles. The maximum Gasteiger partial charge on any atom is 0.253 e. The average molecular weight is 273 g/mol. The Bertz CT molecular complexity index is 613. The Labute approximate surface area is 116 Å². The summed E-state index contributed by atoms with van der Waals surface area (Å²) in [6.45, 7) is 1.45. The average Bonchev–Trinajstić information content (AvgIpc) is 2.82. The van der Waals surface area contributed by atoms with Gasteiger partial charge in [0.25, 0.3) is 5.91 Å². The van der Waals surface area contributed by atoms with Gasteiger partial charge in [0, 0.05) is 4.90 Å². The first-order chi connectivity index (χ1) is 9.13. The van der Waals surface area contributed by atoms with Gasteiger partial charge < -0.3 is 10.4 Å². The van der Waals surface area contributed by atoms with Crippen LogP contribution < -0.4 is 5.32 Å². The summed E-state index contributed by atoms with van der Waals surface area (Å²) in [5, 5.41) is 12.5. The molecule has 0 spiro atoms. The number of aryl methyl sites for hydroxylation is 2. The predicted octanol–water partition coefficient (Wildman–Crippen LogP) is 2.23. The molecule has 1 aromatic rings. The number of nitrogens with one attached hydrogen (secondary N) is 1. The first-order valence-corrected chi connectivity index (χ1v) is 7.24. The molecular weight excluding hydrogens is 258 g/mol. The minimum absolute atomic E-state index is 0.395. The van der Waals surface area contributed by atoms with E-state index in [9.17, 15) is 9.90 Å². The number of rotatable bonds is 2. The summed E-state index contributed by atoms with van der Waals surface area (Å²) in [5.74, 6) is -0.395. The zero-order valence-corrected chi connectivity index (χ0v) is 11.5. The van der Waals surface area contributed by atoms with Gasteiger partial charge in [0.15, 0.2) is 0 Å². The Morgan fingerprint density at radius 2 is 2.16 bits per heavy atom. The molecule has 1 atom stereocenters. The lowest BCUT2D eigenvalue weighted by atomic mass is 10.1. The zero-order valence-electron chi connectivity index (χ0n) is 10.7. The standard InChI is InChI=1S/C15H15NO2S/c1-9(17)15(18)16-14-6-5-12-7-10-3-2-4-11(10)8-13(12)19-14/h5,7-9,17H,2-4H2,1H3,(H,16,18)/t9-/m1/s1. The summed E-state index contributed by atoms with van der Waals surface area (Å²) in [6.07, 6.45) is 4.44. The number of hydrogen-bond donors (Lipinski definition) is 2. The molecule has 0 radical (unpaired) electrons. The Kier molecular flexibility index (Phi) is 3.23. The second-order valence-corrected chi connectivity index (χ2v) is 5.95. The van der Waals surface area contributed by atoms with Crippen molar-refractivity contribution in [3.05, 3.63) is 39.6 Å². The fourth-order valence-electron chi connectivity index (χ4n) is 2.38. The molecule has 1 aliphatic carbocycles. The highest BCUT2D eigenvalue weighted by Crippen LogP contribution is 2.36. The number of thioether (sulfide) groups is 1. The summed E-state index contributed by atoms with van der Waals surface area (Å²) in [4.78, 5) is 12.6. The van der Waals surface area contributed by atoms with Gasteiger partial charge in [0.1, 0.15) is 11.1 Å². The molecule has 0 aromatic heterocycles. The molecule has 0 bridgehead atoms. The summed E-state index contributed by atoms with van der Waals surface area (Å²) >= 11 is 1.50. The number of fused-ring (bicyclic) bond motifs is 2. The third kappa shape index (κ3) is 2.47. The molecule has 0 unspecified atom stereocenters. The van der Waals surface area contributed by atoms with Crippen LogP contribution >= 0.6 is 11.8 Å². The molecule has 4 heteroatoms. The lowest BCUT2D eigenvalue weighted by Crippen LogP contribution is -2.31. The highest BCUT2D eigenvalue weighted by atomic mass is 32.2. The first-order valence-electron chi connectivity index (χ1n) is 6.43. The molecule has 0 saturated heterocycles. The van der Waals surface area contributed by atoms with Crippen LogP contribution in [0.2, 0.25) is 0 Å². The van der Waals surface area contributed by atoms with E-state index in [1.54, 1.807) is 0 Å². The quantitative estimate of drug-likeness (QED) is 0.812. The highest BCUT2D eigenvalue weighted by molar-refractivity contribution is 8.03. The molecule has 1 amide bonds. The van der Waals surface area contributed by atoms with Crippen LogP contribution in [0.5, 0.6) is 0 Å². The van der Waals surface area contributed by atoms with E-state index in [-0.39, 0.29) is 0 Å². The van der Waals surface area contributed by atoms with Gasteiger partial charge in [-0.15, -0.1) is 0 Å². The van der Waals surface area contributed by atoms with Crippen molar-refractivity contribution < 1.29 is 9.90 Å². The number of aliphatic hydroxyl groups excluding tert-OH is 1. The van der Waals surface area contributed by atoms with Crippen LogP contribution in [0.4, 0.5) is 0 Å². The van der Waals surface area contributed by atoms with Gasteiger partial charge in [-0.2, -0.15) is 0 Å². The molecule has 2 N–H and O–H groups in total. The lowest BCUT2D eigenvalue weighted by Gasteiger charge is -2.15. The van der Waals surface area contributed by atoms with Gasteiger partial charge in [-0.1, -0.05) is 17.5 Å². The molecule has 19 heavy (non-hydrogen) atoms. The summed E-state index contributed by atoms with van der Waals surface area (Å²) in [7, 11) is 0. The van der Waals surface area contributed by atoms with E-state index in [4.69, 9.17) is 0 Å². The van der Waals surface area contributed by atoms with Crippen molar-refractivity contribution >= 4 is 23.7 Å². The van der Waals surface area contributed by atoms with E-state index < -0.39 is 12.0 Å². The fourth-order valence-corrected chi connectivity index (χ4v) is 3.31. The molecule has 98 valence electrons. The Balaban J connectivity index is 1.86. The van der Waals surface area contributed by atoms with E-state index in [1.165, 1.54) is 41.8 Å². The van der Waals surface area contributed by atoms with E-state index in [0.717, 1.165) is 17.7 Å². The third-order valence-corrected chi connectivity index (χ3v) is 4.41. The van der Waals surface area contributed by atoms with Gasteiger partial charge in [0.2, 0.25) is 0 Å². The van der Waals surface area contributed by atoms with Crippen LogP contribution in [0.1, 0.15) is 30.0 Å². The monoisotopic (exact) mass is 273 g/mol. The minimum atomic E-state index is -1.00. The molecule has 3 rings (SSSR count). The zero-order chi connectivity index (χ0) is 13.4. The molecule has 1 aromatic carbocycles. The van der Waals surface area contributed by atoms with Crippen molar-refractivity contribution in [2.24, 2.45) is 0 Å². The number of aliphatic hydroxyl groups is 1. The Hall–Kier alpha value is -1.48. The number of hydrogen-bond acceptors (Lipinski definition) is 3. The van der Waals surface area contributed by atoms with Crippen LogP contribution in [-0.2, 0) is 17.6 Å². The smallest absolute Gasteiger partial charge is 0.253 e. The van der Waals surface area contributed by atoms with Crippen molar-refractivity contribution in [2.45, 2.75) is 37.2 Å². The lowest BCUT2D eigenvalue weighted by molar-refractivity contribution is -0.127. The van der Waals surface area contributed by atoms with Gasteiger partial charge in [-0.25, -0.2) is 0 Å². The topological polar surface area (TPSA) is 49.3 Å². The molecule has 1 aliphatic heterocycles. The molecule has 0 fully saturated rings. The van der Waals surface area contributed by atoms with Crippen LogP contribution in [0.15, 0.2) is 27.8 Å². The number of amides is 1. The second-order valence-electron chi connectivity index (χ2n) is 4.90. The number of benzene rings is 1. The fraction of sp³-hybridized carbons (Fsp3) is 0.333. The summed E-state index contributed by atoms with van der Waals surface area (Å²) < 4.78 is 0. The van der Waals surface area contributed by atoms with Crippen molar-refractivity contribution in [3.8, 4) is 0 Å². The predicted molar refractivity (Wildman–Crippen MR) is 75.6 cm³/mol. The summed E-state index contributed by atoms with van der Waals surface area (Å²) in [6, 6.07) is 4.44. The van der Waals surface area contributed by atoms with Crippen molar-refractivity contribution in [2.75, 3.05) is 0 Å². The van der Waals surface area contributed by atoms with E-state index in [2.05, 4.69) is 23.2 Å². The van der Waals surface area contributed by atoms with Crippen LogP contribution in [0.3, 0.4) is 0 Å². The first kappa shape index (κ1) is 12.5. The van der Waals surface area contributed by atoms with Crippen molar-refractivity contribution in [1.29, 1.82) is 0 Å². The van der Waals surface area contributed by atoms with Gasteiger partial charge in [0.05, 0.1) is 0 Å². The molecule has 0 saturated carbocycles. The maximum absolute atomic E-state index is 11.5. The number of carbonyl (C=O) groups excluding carboxylic acids is 1. The third-order valence-electron chi connectivity index (χ3n) is 3.41. The van der Waals surface area contributed by atoms with Crippen LogP contribution in [-0.4, -0.2) is 17.1 Å². The van der Waals surface area contributed by atoms with Crippen molar-refractivity contribution in [3.63, 3.8) is 0 Å². The van der Waals surface area contributed by atoms with Crippen LogP contribution in [0, 0.1) is 0 Å². The minimum Gasteiger partial charge on any atom is -0.384 e. The van der Waals surface area contributed by atoms with Gasteiger partial charge in [-0.05, 0) is 61.1 Å². The van der Waals surface area contributed by atoms with E-state index >= 15 is 0 Å². The number of carbonyl (C=O) groups is 1. The SMILES string of the molecule is C[C@@H](O)C(=O)NC1=C=Cc2cc3c(cc2S1)CCC3. The molecule has 3 nitrogen and oxygen atoms in total. The Morgan fingerprint density at radius 3 is 2.89 bits per heavy atom. The van der Waals surface area contributed by atoms with E-state index in [0.29, 0.717) is 5.03 Å². The maximum atomic E-state index is 11.5. The normalized spacial score (nSPS) is 17.5. The van der Waals surface area contributed by atoms with Gasteiger partial charge >= 0.3 is 0 Å². The largest absolute Gasteiger partial charge is 0.384 e. The highest BCUT2D eigenvalue weighted by Gasteiger charge is 2.18. The van der Waals surface area contributed by atoms with Crippen molar-refractivity contribution in [1.82, 2.24) is 5.32 Å². The Morgan fingerprint density at radius 1 is 1.42 bits per heavy atom. The van der Waals surface area contributed by atoms with Gasteiger partial charge in [-0.3, -0.25) is 4.79 Å². The second kappa shape index (κ2) is 4.89.